The molecule has 27 heavy (non-hydrogen) atoms. The number of hydrogen-bond donors (Lipinski definition) is 3. The largest absolute Gasteiger partial charge is 0.504 e. The Morgan fingerprint density at radius 2 is 1.96 bits per heavy atom. The second-order valence-corrected chi connectivity index (χ2v) is 6.92. The number of hydrazone groups is 1. The Morgan fingerprint density at radius 1 is 1.22 bits per heavy atom. The van der Waals surface area contributed by atoms with Crippen molar-refractivity contribution in [3.63, 3.8) is 0 Å². The van der Waals surface area contributed by atoms with E-state index in [4.69, 9.17) is 27.9 Å². The molecule has 0 radical (unpaired) electrons. The van der Waals surface area contributed by atoms with Gasteiger partial charge in [0.05, 0.1) is 23.4 Å². The average Bonchev–Trinajstić information content (AvgIpc) is 2.60. The normalized spacial score (nSPS) is 10.7. The van der Waals surface area contributed by atoms with Gasteiger partial charge < -0.3 is 15.2 Å². The fraction of sp³-hybridized carbons (Fsp3) is 0.118. The van der Waals surface area contributed by atoms with Crippen LogP contribution < -0.4 is 15.5 Å². The highest BCUT2D eigenvalue weighted by molar-refractivity contribution is 9.10. The van der Waals surface area contributed by atoms with E-state index in [1.165, 1.54) is 25.5 Å². The van der Waals surface area contributed by atoms with Crippen molar-refractivity contribution in [2.45, 2.75) is 6.42 Å². The number of methoxy groups -OCH3 is 1. The molecular weight excluding hydrogens is 461 g/mol. The second kappa shape index (κ2) is 9.59. The van der Waals surface area contributed by atoms with Gasteiger partial charge in [0, 0.05) is 15.7 Å². The lowest BCUT2D eigenvalue weighted by atomic mass is 10.2. The molecule has 2 aromatic carbocycles. The van der Waals surface area contributed by atoms with E-state index in [1.807, 2.05) is 0 Å². The number of carbonyl (C=O) groups excluding carboxylic acids is 2. The third-order valence-corrected chi connectivity index (χ3v) is 4.40. The van der Waals surface area contributed by atoms with Gasteiger partial charge in [-0.15, -0.1) is 0 Å². The fourth-order valence-corrected chi connectivity index (χ4v) is 2.74. The van der Waals surface area contributed by atoms with Gasteiger partial charge in [-0.2, -0.15) is 5.10 Å². The molecule has 0 aliphatic heterocycles. The molecule has 0 aliphatic carbocycles. The summed E-state index contributed by atoms with van der Waals surface area (Å²) in [5.41, 5.74) is 2.94. The van der Waals surface area contributed by atoms with Crippen molar-refractivity contribution in [3.05, 3.63) is 50.4 Å². The van der Waals surface area contributed by atoms with Gasteiger partial charge in [-0.25, -0.2) is 5.43 Å². The van der Waals surface area contributed by atoms with Crippen LogP contribution in [0.2, 0.25) is 10.0 Å². The van der Waals surface area contributed by atoms with Crippen LogP contribution in [0.4, 0.5) is 5.69 Å². The van der Waals surface area contributed by atoms with Gasteiger partial charge in [0.1, 0.15) is 6.42 Å². The summed E-state index contributed by atoms with van der Waals surface area (Å²) in [7, 11) is 1.41. The minimum absolute atomic E-state index is 0.129. The van der Waals surface area contributed by atoms with Gasteiger partial charge in [-0.3, -0.25) is 9.59 Å². The van der Waals surface area contributed by atoms with Crippen molar-refractivity contribution in [2.75, 3.05) is 12.4 Å². The number of halogens is 3. The number of rotatable bonds is 6. The van der Waals surface area contributed by atoms with Crippen LogP contribution in [-0.4, -0.2) is 30.2 Å². The van der Waals surface area contributed by atoms with E-state index in [9.17, 15) is 14.7 Å². The fourth-order valence-electron chi connectivity index (χ4n) is 1.99. The van der Waals surface area contributed by atoms with Crippen molar-refractivity contribution in [2.24, 2.45) is 5.10 Å². The number of hydrogen-bond acceptors (Lipinski definition) is 5. The Bertz CT molecular complexity index is 906. The minimum Gasteiger partial charge on any atom is -0.504 e. The predicted molar refractivity (Wildman–Crippen MR) is 108 cm³/mol. The number of phenolic OH excluding ortho intramolecular Hbond substituents is 1. The summed E-state index contributed by atoms with van der Waals surface area (Å²) in [6.07, 6.45) is 0.781. The molecule has 10 heteroatoms. The first-order chi connectivity index (χ1) is 12.8. The Morgan fingerprint density at radius 3 is 2.63 bits per heavy atom. The van der Waals surface area contributed by atoms with Crippen LogP contribution in [0.5, 0.6) is 11.5 Å². The molecule has 0 aromatic heterocycles. The number of nitrogens with zero attached hydrogens (tertiary/aromatic N) is 1. The molecule has 3 N–H and O–H groups in total. The zero-order chi connectivity index (χ0) is 20.0. The molecule has 0 saturated heterocycles. The van der Waals surface area contributed by atoms with Crippen molar-refractivity contribution in [1.82, 2.24) is 5.43 Å². The van der Waals surface area contributed by atoms with E-state index in [1.54, 1.807) is 18.2 Å². The van der Waals surface area contributed by atoms with Crippen LogP contribution in [0, 0.1) is 0 Å². The molecule has 142 valence electrons. The lowest BCUT2D eigenvalue weighted by Crippen LogP contribution is -2.24. The first kappa shape index (κ1) is 21.0. The lowest BCUT2D eigenvalue weighted by Gasteiger charge is -2.07. The highest BCUT2D eigenvalue weighted by atomic mass is 79.9. The highest BCUT2D eigenvalue weighted by Crippen LogP contribution is 2.32. The molecular formula is C17H14BrCl2N3O4. The second-order valence-electron chi connectivity index (χ2n) is 5.19. The summed E-state index contributed by atoms with van der Waals surface area (Å²) in [6.45, 7) is 0. The third-order valence-electron chi connectivity index (χ3n) is 3.21. The van der Waals surface area contributed by atoms with Crippen LogP contribution in [0.25, 0.3) is 0 Å². The number of amides is 2. The lowest BCUT2D eigenvalue weighted by molar-refractivity contribution is -0.126. The van der Waals surface area contributed by atoms with Crippen LogP contribution >= 0.6 is 39.1 Å². The van der Waals surface area contributed by atoms with Gasteiger partial charge in [0.15, 0.2) is 11.5 Å². The molecule has 7 nitrogen and oxygen atoms in total. The van der Waals surface area contributed by atoms with Crippen molar-refractivity contribution in [3.8, 4) is 11.5 Å². The molecule has 0 spiro atoms. The maximum atomic E-state index is 11.9. The number of phenols is 1. The van der Waals surface area contributed by atoms with E-state index in [0.29, 0.717) is 20.7 Å². The van der Waals surface area contributed by atoms with Gasteiger partial charge in [0.2, 0.25) is 11.8 Å². The highest BCUT2D eigenvalue weighted by Gasteiger charge is 2.11. The predicted octanol–water partition coefficient (Wildman–Crippen LogP) is 3.95. The molecule has 0 unspecified atom stereocenters. The summed E-state index contributed by atoms with van der Waals surface area (Å²) in [5, 5.41) is 16.9. The first-order valence-corrected chi connectivity index (χ1v) is 8.98. The Labute approximate surface area is 173 Å². The van der Waals surface area contributed by atoms with Gasteiger partial charge >= 0.3 is 0 Å². The van der Waals surface area contributed by atoms with Crippen LogP contribution in [0.3, 0.4) is 0 Å². The van der Waals surface area contributed by atoms with Gasteiger partial charge in [-0.1, -0.05) is 39.1 Å². The molecule has 0 atom stereocenters. The molecule has 0 heterocycles. The van der Waals surface area contributed by atoms with Crippen LogP contribution in [0.15, 0.2) is 39.9 Å². The van der Waals surface area contributed by atoms with Crippen LogP contribution in [0.1, 0.15) is 12.0 Å². The molecule has 2 amide bonds. The quantitative estimate of drug-likeness (QED) is 0.335. The van der Waals surface area contributed by atoms with E-state index in [-0.39, 0.29) is 16.5 Å². The molecule has 0 aliphatic rings. The minimum atomic E-state index is -0.634. The molecule has 2 aromatic rings. The average molecular weight is 475 g/mol. The topological polar surface area (TPSA) is 100 Å². The summed E-state index contributed by atoms with van der Waals surface area (Å²) >= 11 is 14.9. The first-order valence-electron chi connectivity index (χ1n) is 7.43. The maximum Gasteiger partial charge on any atom is 0.249 e. The molecule has 0 saturated carbocycles. The summed E-state index contributed by atoms with van der Waals surface area (Å²) in [6, 6.07) is 7.73. The number of ether oxygens (including phenoxy) is 1. The van der Waals surface area contributed by atoms with E-state index < -0.39 is 18.2 Å². The van der Waals surface area contributed by atoms with E-state index >= 15 is 0 Å². The summed E-state index contributed by atoms with van der Waals surface area (Å²) in [4.78, 5) is 23.7. The van der Waals surface area contributed by atoms with Crippen molar-refractivity contribution < 1.29 is 19.4 Å². The number of benzene rings is 2. The zero-order valence-corrected chi connectivity index (χ0v) is 17.0. The Kier molecular flexibility index (Phi) is 7.46. The molecule has 2 rings (SSSR count). The van der Waals surface area contributed by atoms with Crippen molar-refractivity contribution >= 4 is 62.8 Å². The van der Waals surface area contributed by atoms with Crippen molar-refractivity contribution in [1.29, 1.82) is 0 Å². The standard InChI is InChI=1S/C17H14BrCl2N3O4/c1-27-14-5-10(18)4-9(17(14)26)8-21-23-16(25)7-15(24)22-11-2-3-12(19)13(20)6-11/h2-6,8,26H,7H2,1H3,(H,22,24)(H,23,25). The number of nitrogens with one attached hydrogen (secondary N) is 2. The van der Waals surface area contributed by atoms with Crippen LogP contribution in [-0.2, 0) is 9.59 Å². The maximum absolute atomic E-state index is 11.9. The third kappa shape index (κ3) is 6.13. The van der Waals surface area contributed by atoms with Gasteiger partial charge in [-0.05, 0) is 30.3 Å². The zero-order valence-electron chi connectivity index (χ0n) is 13.9. The number of aromatic hydroxyl groups is 1. The number of carbonyl (C=O) groups is 2. The Balaban J connectivity index is 1.92. The van der Waals surface area contributed by atoms with E-state index in [0.717, 1.165) is 0 Å². The molecule has 0 fully saturated rings. The SMILES string of the molecule is COc1cc(Br)cc(C=NNC(=O)CC(=O)Nc2ccc(Cl)c(Cl)c2)c1O. The number of anilines is 1. The molecule has 0 bridgehead atoms. The summed E-state index contributed by atoms with van der Waals surface area (Å²) < 4.78 is 5.68. The Hall–Kier alpha value is -2.29. The summed E-state index contributed by atoms with van der Waals surface area (Å²) in [5.74, 6) is -1.06. The monoisotopic (exact) mass is 473 g/mol. The van der Waals surface area contributed by atoms with Gasteiger partial charge in [0.25, 0.3) is 0 Å². The van der Waals surface area contributed by atoms with E-state index in [2.05, 4.69) is 31.8 Å². The smallest absolute Gasteiger partial charge is 0.249 e.